The van der Waals surface area contributed by atoms with Crippen molar-refractivity contribution >= 4 is 27.2 Å². The maximum absolute atomic E-state index is 5.64. The Morgan fingerprint density at radius 3 is 2.82 bits per heavy atom. The summed E-state index contributed by atoms with van der Waals surface area (Å²) in [6.45, 7) is 2.04. The fraction of sp³-hybridized carbons (Fsp3) is 0.0769. The molecule has 0 aliphatic rings. The van der Waals surface area contributed by atoms with Crippen LogP contribution in [0.15, 0.2) is 45.4 Å². The van der Waals surface area contributed by atoms with Crippen molar-refractivity contribution in [2.75, 3.05) is 0 Å². The average Bonchev–Trinajstić information content (AvgIpc) is 2.72. The maximum Gasteiger partial charge on any atom is 0.248 e. The molecule has 3 nitrogen and oxygen atoms in total. The fourth-order valence-electron chi connectivity index (χ4n) is 1.70. The van der Waals surface area contributed by atoms with Crippen LogP contribution in [-0.4, -0.2) is 9.97 Å². The van der Waals surface area contributed by atoms with E-state index in [1.165, 1.54) is 5.56 Å². The van der Waals surface area contributed by atoms with Gasteiger partial charge in [0.05, 0.1) is 0 Å². The summed E-state index contributed by atoms with van der Waals surface area (Å²) < 4.78 is 6.38. The smallest absolute Gasteiger partial charge is 0.248 e. The molecule has 0 radical (unpaired) electrons. The zero-order chi connectivity index (χ0) is 11.8. The minimum atomic E-state index is 0.552. The number of nitrogens with zero attached hydrogens (tertiary/aromatic N) is 2. The minimum absolute atomic E-state index is 0.552. The molecule has 17 heavy (non-hydrogen) atoms. The molecular weight excluding hydrogens is 280 g/mol. The van der Waals surface area contributed by atoms with Crippen molar-refractivity contribution < 1.29 is 4.42 Å². The Hall–Kier alpha value is -1.68. The molecule has 3 rings (SSSR count). The van der Waals surface area contributed by atoms with Gasteiger partial charge < -0.3 is 4.42 Å². The van der Waals surface area contributed by atoms with Gasteiger partial charge in [-0.1, -0.05) is 17.7 Å². The van der Waals surface area contributed by atoms with Gasteiger partial charge >= 0.3 is 0 Å². The number of pyridine rings is 1. The summed E-state index contributed by atoms with van der Waals surface area (Å²) in [6.07, 6.45) is 0. The zero-order valence-corrected chi connectivity index (χ0v) is 10.7. The number of halogens is 1. The molecule has 0 unspecified atom stereocenters. The number of hydrogen-bond acceptors (Lipinski definition) is 3. The van der Waals surface area contributed by atoms with Crippen LogP contribution in [0.5, 0.6) is 0 Å². The largest absolute Gasteiger partial charge is 0.418 e. The summed E-state index contributed by atoms with van der Waals surface area (Å²) in [7, 11) is 0. The van der Waals surface area contributed by atoms with Gasteiger partial charge in [0.2, 0.25) is 11.6 Å². The highest BCUT2D eigenvalue weighted by Gasteiger charge is 2.09. The molecule has 0 saturated carbocycles. The lowest BCUT2D eigenvalue weighted by Gasteiger charge is -1.95. The van der Waals surface area contributed by atoms with Gasteiger partial charge in [-0.15, -0.1) is 0 Å². The third-order valence-electron chi connectivity index (χ3n) is 2.49. The molecule has 84 valence electrons. The average molecular weight is 289 g/mol. The van der Waals surface area contributed by atoms with E-state index >= 15 is 0 Å². The van der Waals surface area contributed by atoms with Crippen molar-refractivity contribution in [3.63, 3.8) is 0 Å². The molecule has 0 atom stereocenters. The van der Waals surface area contributed by atoms with Crippen molar-refractivity contribution in [3.05, 3.63) is 46.6 Å². The summed E-state index contributed by atoms with van der Waals surface area (Å²) in [5, 5.41) is 0. The topological polar surface area (TPSA) is 38.9 Å². The lowest BCUT2D eigenvalue weighted by molar-refractivity contribution is 0.607. The number of fused-ring (bicyclic) bond motifs is 1. The Bertz CT molecular complexity index is 691. The van der Waals surface area contributed by atoms with Crippen LogP contribution in [0.3, 0.4) is 0 Å². The van der Waals surface area contributed by atoms with Crippen molar-refractivity contribution in [2.45, 2.75) is 6.92 Å². The number of hydrogen-bond donors (Lipinski definition) is 0. The third-order valence-corrected chi connectivity index (χ3v) is 2.93. The molecule has 0 amide bonds. The second kappa shape index (κ2) is 3.96. The molecule has 0 spiro atoms. The van der Waals surface area contributed by atoms with E-state index in [-0.39, 0.29) is 0 Å². The Balaban J connectivity index is 2.18. The van der Waals surface area contributed by atoms with Gasteiger partial charge in [-0.05, 0) is 47.1 Å². The Labute approximate surface area is 107 Å². The number of rotatable bonds is 1. The minimum Gasteiger partial charge on any atom is -0.418 e. The Morgan fingerprint density at radius 1 is 1.12 bits per heavy atom. The Kier molecular flexibility index (Phi) is 2.44. The monoisotopic (exact) mass is 288 g/mol. The molecule has 0 N–H and O–H groups in total. The van der Waals surface area contributed by atoms with Gasteiger partial charge in [0.25, 0.3) is 0 Å². The molecule has 0 aliphatic heterocycles. The summed E-state index contributed by atoms with van der Waals surface area (Å²) in [5.41, 5.74) is 3.47. The van der Waals surface area contributed by atoms with Crippen LogP contribution in [0, 0.1) is 6.92 Å². The van der Waals surface area contributed by atoms with E-state index in [9.17, 15) is 0 Å². The van der Waals surface area contributed by atoms with Gasteiger partial charge in [0.1, 0.15) is 10.1 Å². The van der Waals surface area contributed by atoms with E-state index in [1.807, 2.05) is 43.3 Å². The van der Waals surface area contributed by atoms with Crippen molar-refractivity contribution in [2.24, 2.45) is 0 Å². The van der Waals surface area contributed by atoms with Gasteiger partial charge in [-0.2, -0.15) is 0 Å². The summed E-state index contributed by atoms with van der Waals surface area (Å²) in [4.78, 5) is 8.65. The van der Waals surface area contributed by atoms with E-state index in [0.717, 1.165) is 15.7 Å². The first-order valence-electron chi connectivity index (χ1n) is 5.22. The first-order chi connectivity index (χ1) is 8.22. The second-order valence-corrected chi connectivity index (χ2v) is 4.66. The number of benzene rings is 1. The lowest BCUT2D eigenvalue weighted by Crippen LogP contribution is -1.78. The third kappa shape index (κ3) is 1.96. The molecular formula is C13H9BrN2O. The van der Waals surface area contributed by atoms with Crippen LogP contribution in [0.25, 0.3) is 22.7 Å². The number of oxazole rings is 1. The number of aromatic nitrogens is 2. The molecule has 0 bridgehead atoms. The second-order valence-electron chi connectivity index (χ2n) is 3.85. The maximum atomic E-state index is 5.64. The molecule has 0 saturated heterocycles. The van der Waals surface area contributed by atoms with Crippen molar-refractivity contribution in [1.29, 1.82) is 0 Å². The van der Waals surface area contributed by atoms with Crippen LogP contribution < -0.4 is 0 Å². The van der Waals surface area contributed by atoms with Crippen LogP contribution in [0.2, 0.25) is 0 Å². The normalized spacial score (nSPS) is 10.9. The first kappa shape index (κ1) is 10.5. The highest BCUT2D eigenvalue weighted by atomic mass is 79.9. The molecule has 4 heteroatoms. The first-order valence-corrected chi connectivity index (χ1v) is 6.02. The summed E-state index contributed by atoms with van der Waals surface area (Å²) in [6, 6.07) is 11.8. The fourth-order valence-corrected chi connectivity index (χ4v) is 1.99. The molecule has 3 aromatic rings. The van der Waals surface area contributed by atoms with Crippen molar-refractivity contribution in [1.82, 2.24) is 9.97 Å². The predicted octanol–water partition coefficient (Wildman–Crippen LogP) is 3.96. The zero-order valence-electron chi connectivity index (χ0n) is 9.14. The van der Waals surface area contributed by atoms with E-state index in [4.69, 9.17) is 4.42 Å². The van der Waals surface area contributed by atoms with Gasteiger partial charge in [-0.3, -0.25) is 0 Å². The lowest BCUT2D eigenvalue weighted by atomic mass is 10.1. The Morgan fingerprint density at radius 2 is 2.00 bits per heavy atom. The van der Waals surface area contributed by atoms with Crippen LogP contribution in [0.1, 0.15) is 5.56 Å². The van der Waals surface area contributed by atoms with Crippen molar-refractivity contribution in [3.8, 4) is 11.5 Å². The van der Waals surface area contributed by atoms with E-state index in [0.29, 0.717) is 11.6 Å². The quantitative estimate of drug-likeness (QED) is 0.636. The molecule has 0 fully saturated rings. The molecule has 2 aromatic heterocycles. The van der Waals surface area contributed by atoms with Gasteiger partial charge in [-0.25, -0.2) is 9.97 Å². The summed E-state index contributed by atoms with van der Waals surface area (Å²) >= 11 is 3.31. The van der Waals surface area contributed by atoms with E-state index < -0.39 is 0 Å². The van der Waals surface area contributed by atoms with Gasteiger partial charge in [0.15, 0.2) is 0 Å². The van der Waals surface area contributed by atoms with Gasteiger partial charge in [0, 0.05) is 5.56 Å². The van der Waals surface area contributed by atoms with Crippen LogP contribution in [-0.2, 0) is 0 Å². The molecule has 2 heterocycles. The number of aryl methyl sites for hydroxylation is 1. The SMILES string of the molecule is Cc1cccc(-c2nc3ccc(Br)nc3o2)c1. The highest BCUT2D eigenvalue weighted by Crippen LogP contribution is 2.24. The predicted molar refractivity (Wildman–Crippen MR) is 69.7 cm³/mol. The molecule has 1 aromatic carbocycles. The molecule has 0 aliphatic carbocycles. The highest BCUT2D eigenvalue weighted by molar-refractivity contribution is 9.10. The standard InChI is InChI=1S/C13H9BrN2O/c1-8-3-2-4-9(7-8)12-15-10-5-6-11(14)16-13(10)17-12/h2-7H,1H3. The van der Waals surface area contributed by atoms with Crippen LogP contribution in [0.4, 0.5) is 0 Å². The van der Waals surface area contributed by atoms with E-state index in [1.54, 1.807) is 0 Å². The van der Waals surface area contributed by atoms with E-state index in [2.05, 4.69) is 25.9 Å². The summed E-state index contributed by atoms with van der Waals surface area (Å²) in [5.74, 6) is 0.606. The van der Waals surface area contributed by atoms with Crippen LogP contribution >= 0.6 is 15.9 Å².